The van der Waals surface area contributed by atoms with Gasteiger partial charge in [0.2, 0.25) is 0 Å². The highest BCUT2D eigenvalue weighted by Gasteiger charge is 2.25. The number of nitrogens with one attached hydrogen (secondary N) is 1. The largest absolute Gasteiger partial charge is 0.382 e. The molecule has 1 aromatic heterocycles. The van der Waals surface area contributed by atoms with E-state index >= 15 is 0 Å². The summed E-state index contributed by atoms with van der Waals surface area (Å²) in [6.45, 7) is 4.06. The second-order valence-corrected chi connectivity index (χ2v) is 5.40. The summed E-state index contributed by atoms with van der Waals surface area (Å²) in [5.41, 5.74) is 9.68. The van der Waals surface area contributed by atoms with Crippen LogP contribution in [-0.4, -0.2) is 15.8 Å². The first kappa shape index (κ1) is 12.5. The van der Waals surface area contributed by atoms with Gasteiger partial charge in [-0.05, 0) is 49.9 Å². The van der Waals surface area contributed by atoms with Crippen LogP contribution < -0.4 is 11.1 Å². The van der Waals surface area contributed by atoms with E-state index in [-0.39, 0.29) is 0 Å². The van der Waals surface area contributed by atoms with Crippen molar-refractivity contribution in [1.29, 1.82) is 5.26 Å². The number of hydrogen-bond donors (Lipinski definition) is 2. The van der Waals surface area contributed by atoms with Gasteiger partial charge in [-0.25, -0.2) is 4.68 Å². The maximum Gasteiger partial charge on any atom is 0.168 e. The Bertz CT molecular complexity index is 684. The summed E-state index contributed by atoms with van der Waals surface area (Å²) < 4.78 is 1.64. The Kier molecular flexibility index (Phi) is 2.87. The second-order valence-electron chi connectivity index (χ2n) is 5.40. The average molecular weight is 267 g/mol. The highest BCUT2D eigenvalue weighted by molar-refractivity contribution is 5.66. The normalized spacial score (nSPS) is 14.1. The fourth-order valence-corrected chi connectivity index (χ4v) is 2.33. The molecule has 1 fully saturated rings. The highest BCUT2D eigenvalue weighted by atomic mass is 15.4. The van der Waals surface area contributed by atoms with Crippen molar-refractivity contribution in [2.45, 2.75) is 32.7 Å². The molecule has 5 heteroatoms. The number of aromatic nitrogens is 2. The molecule has 102 valence electrons. The minimum absolute atomic E-state index is 0.389. The monoisotopic (exact) mass is 267 g/mol. The molecule has 0 unspecified atom stereocenters. The molecule has 3 N–H and O–H groups in total. The molecule has 3 rings (SSSR count). The third-order valence-electron chi connectivity index (χ3n) is 3.40. The van der Waals surface area contributed by atoms with Gasteiger partial charge >= 0.3 is 0 Å². The molecule has 0 aliphatic heterocycles. The standard InChI is InChI=1S/C15H17N5/c1-9-5-10(2)7-12(6-9)20-14(17)13(8-16)15(19-20)18-11-3-4-11/h5-7,11H,3-4,17H2,1-2H3,(H,18,19). The minimum atomic E-state index is 0.389. The Morgan fingerprint density at radius 2 is 1.95 bits per heavy atom. The van der Waals surface area contributed by atoms with Crippen LogP contribution in [0.5, 0.6) is 0 Å². The van der Waals surface area contributed by atoms with Crippen molar-refractivity contribution in [3.05, 3.63) is 34.9 Å². The first-order valence-corrected chi connectivity index (χ1v) is 6.72. The van der Waals surface area contributed by atoms with E-state index in [0.29, 0.717) is 23.2 Å². The van der Waals surface area contributed by atoms with Gasteiger partial charge in [0.25, 0.3) is 0 Å². The molecular weight excluding hydrogens is 250 g/mol. The molecule has 0 spiro atoms. The predicted molar refractivity (Wildman–Crippen MR) is 78.8 cm³/mol. The van der Waals surface area contributed by atoms with Gasteiger partial charge in [-0.3, -0.25) is 0 Å². The van der Waals surface area contributed by atoms with Gasteiger partial charge in [0.05, 0.1) is 5.69 Å². The molecule has 0 atom stereocenters. The van der Waals surface area contributed by atoms with Crippen molar-refractivity contribution in [1.82, 2.24) is 9.78 Å². The fourth-order valence-electron chi connectivity index (χ4n) is 2.33. The first-order valence-electron chi connectivity index (χ1n) is 6.72. The van der Waals surface area contributed by atoms with Gasteiger partial charge in [-0.1, -0.05) is 6.07 Å². The van der Waals surface area contributed by atoms with Crippen LogP contribution in [0.2, 0.25) is 0 Å². The summed E-state index contributed by atoms with van der Waals surface area (Å²) in [5, 5.41) is 17.0. The number of nitrogen functional groups attached to an aromatic ring is 1. The number of hydrogen-bond acceptors (Lipinski definition) is 4. The number of benzene rings is 1. The van der Waals surface area contributed by atoms with E-state index in [1.54, 1.807) is 4.68 Å². The lowest BCUT2D eigenvalue weighted by molar-refractivity contribution is 0.884. The van der Waals surface area contributed by atoms with Crippen LogP contribution in [0.25, 0.3) is 5.69 Å². The molecule has 0 saturated heterocycles. The molecule has 0 bridgehead atoms. The summed E-state index contributed by atoms with van der Waals surface area (Å²) in [6.07, 6.45) is 2.25. The van der Waals surface area contributed by atoms with Crippen LogP contribution in [-0.2, 0) is 0 Å². The molecule has 1 aliphatic carbocycles. The SMILES string of the molecule is Cc1cc(C)cc(-n2nc(NC3CC3)c(C#N)c2N)c1. The van der Waals surface area contributed by atoms with Crippen molar-refractivity contribution in [3.63, 3.8) is 0 Å². The van der Waals surface area contributed by atoms with Crippen molar-refractivity contribution < 1.29 is 0 Å². The van der Waals surface area contributed by atoms with Crippen LogP contribution in [0.15, 0.2) is 18.2 Å². The van der Waals surface area contributed by atoms with E-state index in [4.69, 9.17) is 5.73 Å². The van der Waals surface area contributed by atoms with Gasteiger partial charge in [0, 0.05) is 6.04 Å². The lowest BCUT2D eigenvalue weighted by atomic mass is 10.1. The highest BCUT2D eigenvalue weighted by Crippen LogP contribution is 2.30. The summed E-state index contributed by atoms with van der Waals surface area (Å²) in [7, 11) is 0. The maximum atomic E-state index is 9.28. The Morgan fingerprint density at radius 3 is 2.50 bits per heavy atom. The van der Waals surface area contributed by atoms with Crippen molar-refractivity contribution in [2.24, 2.45) is 0 Å². The van der Waals surface area contributed by atoms with Crippen molar-refractivity contribution >= 4 is 11.6 Å². The van der Waals surface area contributed by atoms with E-state index in [0.717, 1.165) is 29.7 Å². The van der Waals surface area contributed by atoms with Gasteiger partial charge in [-0.15, -0.1) is 5.10 Å². The Morgan fingerprint density at radius 1 is 1.30 bits per heavy atom. The quantitative estimate of drug-likeness (QED) is 0.895. The molecule has 0 amide bonds. The Hall–Kier alpha value is -2.48. The van der Waals surface area contributed by atoms with Crippen LogP contribution >= 0.6 is 0 Å². The summed E-state index contributed by atoms with van der Waals surface area (Å²) in [5.74, 6) is 0.979. The molecule has 1 saturated carbocycles. The molecule has 1 aliphatic rings. The molecule has 20 heavy (non-hydrogen) atoms. The zero-order valence-corrected chi connectivity index (χ0v) is 11.6. The second kappa shape index (κ2) is 4.57. The Balaban J connectivity index is 2.08. The fraction of sp³-hybridized carbons (Fsp3) is 0.333. The van der Waals surface area contributed by atoms with Crippen LogP contribution in [0, 0.1) is 25.2 Å². The summed E-state index contributed by atoms with van der Waals surface area (Å²) in [6, 6.07) is 8.70. The summed E-state index contributed by atoms with van der Waals surface area (Å²) in [4.78, 5) is 0. The molecule has 1 aromatic carbocycles. The van der Waals surface area contributed by atoms with Crippen LogP contribution in [0.4, 0.5) is 11.6 Å². The van der Waals surface area contributed by atoms with Gasteiger partial charge in [-0.2, -0.15) is 5.26 Å². The summed E-state index contributed by atoms with van der Waals surface area (Å²) >= 11 is 0. The van der Waals surface area contributed by atoms with E-state index in [2.05, 4.69) is 22.6 Å². The average Bonchev–Trinajstić information content (AvgIpc) is 3.12. The minimum Gasteiger partial charge on any atom is -0.382 e. The number of nitriles is 1. The number of anilines is 2. The topological polar surface area (TPSA) is 79.7 Å². The lowest BCUT2D eigenvalue weighted by Gasteiger charge is -2.06. The molecule has 0 radical (unpaired) electrons. The van der Waals surface area contributed by atoms with E-state index in [1.807, 2.05) is 26.0 Å². The first-order chi connectivity index (χ1) is 9.58. The van der Waals surface area contributed by atoms with Gasteiger partial charge in [0.1, 0.15) is 17.5 Å². The van der Waals surface area contributed by atoms with Crippen molar-refractivity contribution in [2.75, 3.05) is 11.1 Å². The van der Waals surface area contributed by atoms with Gasteiger partial charge in [0.15, 0.2) is 5.82 Å². The molecule has 5 nitrogen and oxygen atoms in total. The molecule has 2 aromatic rings. The van der Waals surface area contributed by atoms with Crippen molar-refractivity contribution in [3.8, 4) is 11.8 Å². The Labute approximate surface area is 118 Å². The third kappa shape index (κ3) is 2.21. The maximum absolute atomic E-state index is 9.28. The zero-order chi connectivity index (χ0) is 14.3. The third-order valence-corrected chi connectivity index (χ3v) is 3.40. The zero-order valence-electron chi connectivity index (χ0n) is 11.6. The van der Waals surface area contributed by atoms with E-state index < -0.39 is 0 Å². The smallest absolute Gasteiger partial charge is 0.168 e. The molecule has 1 heterocycles. The number of nitrogens with zero attached hydrogens (tertiary/aromatic N) is 3. The van der Waals surface area contributed by atoms with E-state index in [9.17, 15) is 5.26 Å². The number of nitrogens with two attached hydrogens (primary N) is 1. The number of rotatable bonds is 3. The van der Waals surface area contributed by atoms with E-state index in [1.165, 1.54) is 0 Å². The lowest BCUT2D eigenvalue weighted by Crippen LogP contribution is -2.04. The van der Waals surface area contributed by atoms with Crippen LogP contribution in [0.1, 0.15) is 29.5 Å². The predicted octanol–water partition coefficient (Wildman–Crippen LogP) is 2.52. The molecular formula is C15H17N5. The van der Waals surface area contributed by atoms with Crippen LogP contribution in [0.3, 0.4) is 0 Å². The van der Waals surface area contributed by atoms with Gasteiger partial charge < -0.3 is 11.1 Å². The number of aryl methyl sites for hydroxylation is 2.